The van der Waals surface area contributed by atoms with Crippen molar-refractivity contribution in [3.05, 3.63) is 101 Å². The molecule has 18 nitrogen and oxygen atoms in total. The van der Waals surface area contributed by atoms with Crippen LogP contribution in [0.1, 0.15) is 48.4 Å². The number of nitro groups is 2. The SMILES string of the molecule is COC(=O)C(C)(C)NC(=O)c1cc2cc([N+](=O)[O-])ccc2oc1=O.COC(=O)C(C)(C)NC(=O)c1cc2cc([N+](=O)[O-])ccc2oc1=O. The highest BCUT2D eigenvalue weighted by Crippen LogP contribution is 2.22. The highest BCUT2D eigenvalue weighted by molar-refractivity contribution is 6.00. The molecule has 2 heterocycles. The van der Waals surface area contributed by atoms with Gasteiger partial charge in [0.25, 0.3) is 23.2 Å². The Bertz CT molecular complexity index is 1950. The van der Waals surface area contributed by atoms with Crippen molar-refractivity contribution in [1.82, 2.24) is 10.6 Å². The quantitative estimate of drug-likeness (QED) is 0.118. The maximum Gasteiger partial charge on any atom is 0.349 e. The molecule has 252 valence electrons. The van der Waals surface area contributed by atoms with Crippen LogP contribution < -0.4 is 21.9 Å². The summed E-state index contributed by atoms with van der Waals surface area (Å²) in [4.78, 5) is 92.0. The number of esters is 2. The molecule has 48 heavy (non-hydrogen) atoms. The molecule has 0 saturated heterocycles. The van der Waals surface area contributed by atoms with Crippen molar-refractivity contribution in [2.75, 3.05) is 14.2 Å². The summed E-state index contributed by atoms with van der Waals surface area (Å²) in [5.74, 6) is -3.10. The van der Waals surface area contributed by atoms with Crippen molar-refractivity contribution in [2.45, 2.75) is 38.8 Å². The molecule has 0 radical (unpaired) electrons. The first-order valence-electron chi connectivity index (χ1n) is 13.6. The predicted molar refractivity (Wildman–Crippen MR) is 165 cm³/mol. The lowest BCUT2D eigenvalue weighted by molar-refractivity contribution is -0.384. The Morgan fingerprint density at radius 3 is 1.27 bits per heavy atom. The van der Waals surface area contributed by atoms with Crippen LogP contribution in [-0.2, 0) is 19.1 Å². The van der Waals surface area contributed by atoms with Gasteiger partial charge < -0.3 is 28.9 Å². The van der Waals surface area contributed by atoms with Crippen LogP contribution in [0.4, 0.5) is 11.4 Å². The summed E-state index contributed by atoms with van der Waals surface area (Å²) in [5.41, 5.74) is -5.53. The van der Waals surface area contributed by atoms with Gasteiger partial charge in [0.2, 0.25) is 0 Å². The Morgan fingerprint density at radius 1 is 0.646 bits per heavy atom. The summed E-state index contributed by atoms with van der Waals surface area (Å²) in [6, 6.07) is 9.63. The fourth-order valence-corrected chi connectivity index (χ4v) is 4.08. The van der Waals surface area contributed by atoms with Crippen molar-refractivity contribution in [1.29, 1.82) is 0 Å². The molecule has 2 aromatic carbocycles. The Labute approximate surface area is 268 Å². The molecule has 0 saturated carbocycles. The molecule has 0 fully saturated rings. The summed E-state index contributed by atoms with van der Waals surface area (Å²) < 4.78 is 19.1. The maximum atomic E-state index is 12.3. The molecule has 4 rings (SSSR count). The van der Waals surface area contributed by atoms with Gasteiger partial charge in [-0.15, -0.1) is 0 Å². The fraction of sp³-hybridized carbons (Fsp3) is 0.267. The van der Waals surface area contributed by atoms with Gasteiger partial charge in [0, 0.05) is 35.0 Å². The molecule has 0 bridgehead atoms. The van der Waals surface area contributed by atoms with E-state index in [9.17, 15) is 49.0 Å². The minimum Gasteiger partial charge on any atom is -0.467 e. The lowest BCUT2D eigenvalue weighted by atomic mass is 10.1. The first-order chi connectivity index (χ1) is 22.3. The third-order valence-corrected chi connectivity index (χ3v) is 6.59. The normalized spacial score (nSPS) is 11.1. The minimum absolute atomic E-state index is 0.106. The molecule has 18 heteroatoms. The maximum absolute atomic E-state index is 12.3. The molecule has 0 unspecified atom stereocenters. The van der Waals surface area contributed by atoms with Crippen LogP contribution in [0.5, 0.6) is 0 Å². The van der Waals surface area contributed by atoms with E-state index in [-0.39, 0.29) is 44.4 Å². The van der Waals surface area contributed by atoms with Crippen molar-refractivity contribution in [3.8, 4) is 0 Å². The number of rotatable bonds is 8. The van der Waals surface area contributed by atoms with Crippen LogP contribution in [0.25, 0.3) is 21.9 Å². The topological polar surface area (TPSA) is 257 Å². The molecule has 2 aromatic heterocycles. The van der Waals surface area contributed by atoms with Gasteiger partial charge in [-0.25, -0.2) is 19.2 Å². The minimum atomic E-state index is -1.37. The predicted octanol–water partition coefficient (Wildman–Crippen LogP) is 2.77. The van der Waals surface area contributed by atoms with Gasteiger partial charge in [-0.05, 0) is 52.0 Å². The number of fused-ring (bicyclic) bond motifs is 2. The Balaban J connectivity index is 0.000000260. The second-order valence-corrected chi connectivity index (χ2v) is 11.0. The van der Waals surface area contributed by atoms with Crippen LogP contribution >= 0.6 is 0 Å². The number of carbonyl (C=O) groups excluding carboxylic acids is 4. The highest BCUT2D eigenvalue weighted by Gasteiger charge is 2.33. The van der Waals surface area contributed by atoms with E-state index in [1.807, 2.05) is 0 Å². The fourth-order valence-electron chi connectivity index (χ4n) is 4.08. The first-order valence-corrected chi connectivity index (χ1v) is 13.6. The third-order valence-electron chi connectivity index (χ3n) is 6.59. The molecule has 4 aromatic rings. The van der Waals surface area contributed by atoms with E-state index in [1.165, 1.54) is 90.4 Å². The van der Waals surface area contributed by atoms with E-state index in [4.69, 9.17) is 8.83 Å². The number of benzene rings is 2. The van der Waals surface area contributed by atoms with Crippen molar-refractivity contribution < 1.29 is 47.3 Å². The monoisotopic (exact) mass is 668 g/mol. The van der Waals surface area contributed by atoms with Gasteiger partial charge in [0.05, 0.1) is 24.1 Å². The lowest BCUT2D eigenvalue weighted by Gasteiger charge is -2.22. The Kier molecular flexibility index (Phi) is 10.4. The van der Waals surface area contributed by atoms with Crippen molar-refractivity contribution in [2.24, 2.45) is 0 Å². The van der Waals surface area contributed by atoms with E-state index in [1.54, 1.807) is 0 Å². The smallest absolute Gasteiger partial charge is 0.349 e. The number of nitrogens with one attached hydrogen (secondary N) is 2. The molecule has 2 amide bonds. The number of amides is 2. The van der Waals surface area contributed by atoms with Gasteiger partial charge in [0.15, 0.2) is 0 Å². The summed E-state index contributed by atoms with van der Waals surface area (Å²) in [6.45, 7) is 5.63. The summed E-state index contributed by atoms with van der Waals surface area (Å²) in [6.07, 6.45) is 0. The van der Waals surface area contributed by atoms with Crippen LogP contribution in [0.2, 0.25) is 0 Å². The van der Waals surface area contributed by atoms with Gasteiger partial charge in [-0.3, -0.25) is 29.8 Å². The summed E-state index contributed by atoms with van der Waals surface area (Å²) >= 11 is 0. The van der Waals surface area contributed by atoms with Crippen LogP contribution in [0, 0.1) is 20.2 Å². The molecule has 0 aliphatic carbocycles. The number of carbonyl (C=O) groups is 4. The van der Waals surface area contributed by atoms with E-state index in [0.717, 1.165) is 0 Å². The van der Waals surface area contributed by atoms with Crippen LogP contribution in [-0.4, -0.2) is 58.9 Å². The largest absolute Gasteiger partial charge is 0.467 e. The van der Waals surface area contributed by atoms with Gasteiger partial charge >= 0.3 is 23.2 Å². The number of nitro benzene ring substituents is 2. The Morgan fingerprint density at radius 2 is 0.979 bits per heavy atom. The summed E-state index contributed by atoms with van der Waals surface area (Å²) in [7, 11) is 2.33. The van der Waals surface area contributed by atoms with Crippen LogP contribution in [0.3, 0.4) is 0 Å². The number of hydrogen-bond donors (Lipinski definition) is 2. The zero-order valence-electron chi connectivity index (χ0n) is 26.2. The molecule has 0 spiro atoms. The van der Waals surface area contributed by atoms with E-state index < -0.39 is 55.9 Å². The molecule has 2 N–H and O–H groups in total. The second-order valence-electron chi connectivity index (χ2n) is 11.0. The lowest BCUT2D eigenvalue weighted by Crippen LogP contribution is -2.51. The number of non-ortho nitro benzene ring substituents is 2. The van der Waals surface area contributed by atoms with Gasteiger partial charge in [-0.1, -0.05) is 0 Å². The number of hydrogen-bond acceptors (Lipinski definition) is 14. The molecular formula is C30H28N4O14. The summed E-state index contributed by atoms with van der Waals surface area (Å²) in [5, 5.41) is 26.8. The van der Waals surface area contributed by atoms with Gasteiger partial charge in [-0.2, -0.15) is 0 Å². The average molecular weight is 669 g/mol. The zero-order valence-corrected chi connectivity index (χ0v) is 26.2. The standard InChI is InChI=1S/2C15H14N2O7/c2*1-15(2,14(20)23-3)16-12(18)10-7-8-6-9(17(21)22)4-5-11(8)24-13(10)19/h2*4-7H,1-3H3,(H,16,18). The van der Waals surface area contributed by atoms with E-state index in [2.05, 4.69) is 20.1 Å². The molecule has 0 aliphatic heterocycles. The molecule has 0 aliphatic rings. The third kappa shape index (κ3) is 8.03. The van der Waals surface area contributed by atoms with Crippen molar-refractivity contribution in [3.63, 3.8) is 0 Å². The van der Waals surface area contributed by atoms with Gasteiger partial charge in [0.1, 0.15) is 33.4 Å². The van der Waals surface area contributed by atoms with E-state index in [0.29, 0.717) is 0 Å². The highest BCUT2D eigenvalue weighted by atomic mass is 16.6. The number of nitrogens with zero attached hydrogens (tertiary/aromatic N) is 2. The Hall–Kier alpha value is -6.46. The zero-order chi connectivity index (χ0) is 36.1. The average Bonchev–Trinajstić information content (AvgIpc) is 3.02. The number of methoxy groups -OCH3 is 2. The van der Waals surface area contributed by atoms with Crippen LogP contribution in [0.15, 0.2) is 67.0 Å². The second kappa shape index (κ2) is 13.9. The molecule has 0 atom stereocenters. The van der Waals surface area contributed by atoms with E-state index >= 15 is 0 Å². The molecular weight excluding hydrogens is 640 g/mol. The number of ether oxygens (including phenoxy) is 2. The first kappa shape index (κ1) is 36.0. The van der Waals surface area contributed by atoms with Crippen molar-refractivity contribution >= 4 is 57.1 Å².